The summed E-state index contributed by atoms with van der Waals surface area (Å²) in [7, 11) is -3.21. The minimum Gasteiger partial charge on any atom is -0.270 e. The summed E-state index contributed by atoms with van der Waals surface area (Å²) in [4.78, 5) is 23.6. The van der Waals surface area contributed by atoms with Crippen molar-refractivity contribution in [3.8, 4) is 0 Å². The van der Waals surface area contributed by atoms with E-state index < -0.39 is 21.8 Å². The van der Waals surface area contributed by atoms with E-state index in [1.165, 1.54) is 10.4 Å². The van der Waals surface area contributed by atoms with Crippen LogP contribution in [0.1, 0.15) is 22.3 Å². The van der Waals surface area contributed by atoms with Crippen LogP contribution in [0.2, 0.25) is 0 Å². The second-order valence-electron chi connectivity index (χ2n) is 5.98. The molecule has 0 atom stereocenters. The monoisotopic (exact) mass is 385 g/mol. The molecule has 0 unspecified atom stereocenters. The van der Waals surface area contributed by atoms with Crippen LogP contribution in [0.15, 0.2) is 60.7 Å². The molecule has 3 rings (SSSR count). The van der Waals surface area contributed by atoms with Gasteiger partial charge in [0.1, 0.15) is 0 Å². The molecule has 0 radical (unpaired) electrons. The topological polar surface area (TPSA) is 95.6 Å². The first-order valence-electron chi connectivity index (χ1n) is 8.40. The van der Waals surface area contributed by atoms with Gasteiger partial charge in [-0.2, -0.15) is 0 Å². The quantitative estimate of drug-likeness (QED) is 0.619. The van der Waals surface area contributed by atoms with Crippen LogP contribution in [0.5, 0.6) is 0 Å². The molecule has 2 aromatic rings. The number of nitrogens with one attached hydrogen (secondary N) is 2. The smallest absolute Gasteiger partial charge is 0.269 e. The van der Waals surface area contributed by atoms with E-state index in [4.69, 9.17) is 0 Å². The molecule has 1 aliphatic rings. The number of hydrazine groups is 1. The lowest BCUT2D eigenvalue weighted by molar-refractivity contribution is -0.117. The fourth-order valence-corrected chi connectivity index (χ4v) is 4.24. The van der Waals surface area contributed by atoms with E-state index in [1.54, 1.807) is 60.7 Å². The lowest BCUT2D eigenvalue weighted by Crippen LogP contribution is -2.40. The van der Waals surface area contributed by atoms with Crippen LogP contribution < -0.4 is 15.2 Å². The van der Waals surface area contributed by atoms with Crippen LogP contribution in [0.25, 0.3) is 6.08 Å². The molecule has 1 aliphatic heterocycles. The number of anilines is 1. The molecule has 0 bridgehead atoms. The Hall–Kier alpha value is -3.13. The normalized spacial score (nSPS) is 15.6. The van der Waals surface area contributed by atoms with Crippen molar-refractivity contribution in [1.29, 1.82) is 0 Å². The number of benzene rings is 2. The summed E-state index contributed by atoms with van der Waals surface area (Å²) in [6.45, 7) is 0.487. The van der Waals surface area contributed by atoms with Crippen LogP contribution in [0.4, 0.5) is 5.69 Å². The molecule has 7 nitrogen and oxygen atoms in total. The number of hydrogen-bond donors (Lipinski definition) is 2. The van der Waals surface area contributed by atoms with Crippen LogP contribution in [-0.4, -0.2) is 32.5 Å². The van der Waals surface area contributed by atoms with E-state index in [0.717, 1.165) is 5.56 Å². The maximum Gasteiger partial charge on any atom is 0.269 e. The minimum absolute atomic E-state index is 0.170. The Morgan fingerprint density at radius 2 is 1.67 bits per heavy atom. The molecule has 1 heterocycles. The van der Waals surface area contributed by atoms with Crippen LogP contribution in [-0.2, 0) is 14.8 Å². The molecule has 1 fully saturated rings. The zero-order chi connectivity index (χ0) is 19.3. The molecular weight excluding hydrogens is 366 g/mol. The Kier molecular flexibility index (Phi) is 5.56. The van der Waals surface area contributed by atoms with E-state index in [2.05, 4.69) is 10.9 Å². The zero-order valence-electron chi connectivity index (χ0n) is 14.5. The number of rotatable bonds is 4. The summed E-state index contributed by atoms with van der Waals surface area (Å²) in [5.41, 5.74) is 6.42. The molecule has 0 aromatic heterocycles. The van der Waals surface area contributed by atoms with Crippen LogP contribution in [0.3, 0.4) is 0 Å². The minimum atomic E-state index is -3.21. The summed E-state index contributed by atoms with van der Waals surface area (Å²) in [5.74, 6) is -0.720. The van der Waals surface area contributed by atoms with Gasteiger partial charge in [0.25, 0.3) is 11.8 Å². The summed E-state index contributed by atoms with van der Waals surface area (Å²) in [5, 5.41) is 0. The van der Waals surface area contributed by atoms with Gasteiger partial charge < -0.3 is 0 Å². The molecule has 1 saturated heterocycles. The molecular formula is C19H19N3O4S. The second-order valence-corrected chi connectivity index (χ2v) is 7.99. The molecule has 2 N–H and O–H groups in total. The number of amides is 2. The van der Waals surface area contributed by atoms with E-state index in [9.17, 15) is 18.0 Å². The number of hydrogen-bond acceptors (Lipinski definition) is 4. The number of carbonyl (C=O) groups is 2. The van der Waals surface area contributed by atoms with Gasteiger partial charge in [0.2, 0.25) is 10.0 Å². The molecule has 8 heteroatoms. The first-order valence-corrected chi connectivity index (χ1v) is 10.0. The summed E-state index contributed by atoms with van der Waals surface area (Å²) >= 11 is 0. The van der Waals surface area contributed by atoms with Crippen molar-refractivity contribution >= 4 is 33.6 Å². The van der Waals surface area contributed by atoms with Gasteiger partial charge in [0.05, 0.1) is 11.4 Å². The Morgan fingerprint density at radius 3 is 2.30 bits per heavy atom. The molecule has 27 heavy (non-hydrogen) atoms. The van der Waals surface area contributed by atoms with Crippen LogP contribution in [0, 0.1) is 0 Å². The highest BCUT2D eigenvalue weighted by atomic mass is 32.2. The molecule has 0 aliphatic carbocycles. The largest absolute Gasteiger partial charge is 0.270 e. The predicted molar refractivity (Wildman–Crippen MR) is 103 cm³/mol. The molecule has 0 saturated carbocycles. The molecule has 140 valence electrons. The number of sulfonamides is 1. The van der Waals surface area contributed by atoms with Gasteiger partial charge in [-0.25, -0.2) is 8.42 Å². The third-order valence-corrected chi connectivity index (χ3v) is 5.91. The maximum atomic E-state index is 11.9. The third kappa shape index (κ3) is 4.73. The Balaban J connectivity index is 1.54. The van der Waals surface area contributed by atoms with Gasteiger partial charge in [-0.3, -0.25) is 24.7 Å². The van der Waals surface area contributed by atoms with Crippen molar-refractivity contribution in [3.63, 3.8) is 0 Å². The fourth-order valence-electron chi connectivity index (χ4n) is 2.67. The average molecular weight is 385 g/mol. The third-order valence-electron chi connectivity index (χ3n) is 4.04. The number of carbonyl (C=O) groups excluding carboxylic acids is 2. The zero-order valence-corrected chi connectivity index (χ0v) is 15.3. The van der Waals surface area contributed by atoms with Gasteiger partial charge in [-0.05, 0) is 42.3 Å². The summed E-state index contributed by atoms with van der Waals surface area (Å²) in [6, 6.07) is 15.4. The lowest BCUT2D eigenvalue weighted by Gasteiger charge is -2.16. The maximum absolute atomic E-state index is 11.9. The van der Waals surface area contributed by atoms with Gasteiger partial charge in [-0.15, -0.1) is 0 Å². The predicted octanol–water partition coefficient (Wildman–Crippen LogP) is 1.70. The van der Waals surface area contributed by atoms with Crippen molar-refractivity contribution < 1.29 is 18.0 Å². The highest BCUT2D eigenvalue weighted by molar-refractivity contribution is 7.93. The molecule has 2 amide bonds. The molecule has 0 spiro atoms. The van der Waals surface area contributed by atoms with E-state index in [1.807, 2.05) is 0 Å². The van der Waals surface area contributed by atoms with Crippen molar-refractivity contribution in [2.24, 2.45) is 0 Å². The standard InChI is InChI=1S/C19H19N3O4S/c23-18(20-21-19(24)16-5-2-1-3-6-16)12-9-15-7-10-17(11-8-15)22-13-4-14-27(22,25)26/h1-3,5-12H,4,13-14H2,(H,20,23)(H,21,24)/b12-9+. The van der Waals surface area contributed by atoms with Gasteiger partial charge in [-0.1, -0.05) is 30.3 Å². The van der Waals surface area contributed by atoms with Crippen molar-refractivity contribution in [2.75, 3.05) is 16.6 Å². The van der Waals surface area contributed by atoms with E-state index in [0.29, 0.717) is 24.2 Å². The van der Waals surface area contributed by atoms with E-state index >= 15 is 0 Å². The Labute approximate surface area is 157 Å². The Morgan fingerprint density at radius 1 is 0.963 bits per heavy atom. The lowest BCUT2D eigenvalue weighted by atomic mass is 10.2. The second kappa shape index (κ2) is 8.05. The average Bonchev–Trinajstić information content (AvgIpc) is 3.04. The Bertz CT molecular complexity index is 954. The first-order chi connectivity index (χ1) is 13.0. The summed E-state index contributed by atoms with van der Waals surface area (Å²) < 4.78 is 25.2. The molecule has 2 aromatic carbocycles. The number of nitrogens with zero attached hydrogens (tertiary/aromatic N) is 1. The highest BCUT2D eigenvalue weighted by Gasteiger charge is 2.28. The fraction of sp³-hybridized carbons (Fsp3) is 0.158. The first kappa shape index (κ1) is 18.7. The SMILES string of the molecule is O=C(/C=C/c1ccc(N2CCCS2(=O)=O)cc1)NNC(=O)c1ccccc1. The van der Waals surface area contributed by atoms with Crippen molar-refractivity contribution in [2.45, 2.75) is 6.42 Å². The van der Waals surface area contributed by atoms with Crippen molar-refractivity contribution in [3.05, 3.63) is 71.8 Å². The van der Waals surface area contributed by atoms with Gasteiger partial charge in [0, 0.05) is 18.2 Å². The highest BCUT2D eigenvalue weighted by Crippen LogP contribution is 2.24. The van der Waals surface area contributed by atoms with E-state index in [-0.39, 0.29) is 5.75 Å². The van der Waals surface area contributed by atoms with Crippen LogP contribution >= 0.6 is 0 Å². The van der Waals surface area contributed by atoms with Crippen molar-refractivity contribution in [1.82, 2.24) is 10.9 Å². The van der Waals surface area contributed by atoms with Gasteiger partial charge >= 0.3 is 0 Å². The summed E-state index contributed by atoms with van der Waals surface area (Å²) in [6.07, 6.45) is 3.48. The van der Waals surface area contributed by atoms with Gasteiger partial charge in [0.15, 0.2) is 0 Å².